The van der Waals surface area contributed by atoms with E-state index in [2.05, 4.69) is 37.3 Å². The van der Waals surface area contributed by atoms with E-state index >= 15 is 0 Å². The highest BCUT2D eigenvalue weighted by atomic mass is 31.1. The van der Waals surface area contributed by atoms with Gasteiger partial charge < -0.3 is 0 Å². The first-order valence-corrected chi connectivity index (χ1v) is 6.87. The van der Waals surface area contributed by atoms with Crippen molar-refractivity contribution >= 4 is 8.58 Å². The van der Waals surface area contributed by atoms with Crippen molar-refractivity contribution in [3.63, 3.8) is 0 Å². The molecule has 0 saturated heterocycles. The van der Waals surface area contributed by atoms with E-state index in [1.54, 1.807) is 8.58 Å². The van der Waals surface area contributed by atoms with E-state index in [9.17, 15) is 0 Å². The van der Waals surface area contributed by atoms with Gasteiger partial charge in [-0.1, -0.05) is 58.7 Å². The van der Waals surface area contributed by atoms with Gasteiger partial charge in [-0.3, -0.25) is 0 Å². The van der Waals surface area contributed by atoms with Crippen LogP contribution in [0.15, 0.2) is 30.3 Å². The summed E-state index contributed by atoms with van der Waals surface area (Å²) in [7, 11) is 1.63. The average molecular weight is 207 g/mol. The third kappa shape index (κ3) is 5.40. The zero-order valence-electron chi connectivity index (χ0n) is 9.08. The van der Waals surface area contributed by atoms with E-state index in [1.807, 2.05) is 0 Å². The average Bonchev–Trinajstić information content (AvgIpc) is 2.25. The minimum Gasteiger partial charge on any atom is -0.0806 e. The van der Waals surface area contributed by atoms with Crippen LogP contribution < -0.4 is 0 Å². The lowest BCUT2D eigenvalue weighted by Crippen LogP contribution is -1.87. The van der Waals surface area contributed by atoms with Crippen LogP contribution in [-0.2, 0) is 6.42 Å². The van der Waals surface area contributed by atoms with Gasteiger partial charge in [0, 0.05) is 0 Å². The standard InChI is InChI=1S/C13H20P/c1-2-3-7-11-14-12-10-13-8-5-4-6-9-13/h4-6,8-9H,2-3,7,10-12H2,1H3. The van der Waals surface area contributed by atoms with Crippen molar-refractivity contribution < 1.29 is 0 Å². The number of hydrogen-bond acceptors (Lipinski definition) is 0. The van der Waals surface area contributed by atoms with Gasteiger partial charge >= 0.3 is 0 Å². The predicted molar refractivity (Wildman–Crippen MR) is 66.3 cm³/mol. The molecule has 14 heavy (non-hydrogen) atoms. The molecule has 0 amide bonds. The van der Waals surface area contributed by atoms with Gasteiger partial charge in [0.15, 0.2) is 0 Å². The third-order valence-corrected chi connectivity index (χ3v) is 3.49. The number of unbranched alkanes of at least 4 members (excludes halogenated alkanes) is 2. The van der Waals surface area contributed by atoms with Crippen molar-refractivity contribution in [2.24, 2.45) is 0 Å². The second-order valence-corrected chi connectivity index (χ2v) is 4.96. The van der Waals surface area contributed by atoms with Crippen LogP contribution in [-0.4, -0.2) is 12.3 Å². The second-order valence-electron chi connectivity index (χ2n) is 3.61. The molecule has 0 aliphatic carbocycles. The first-order valence-electron chi connectivity index (χ1n) is 5.60. The van der Waals surface area contributed by atoms with E-state index in [0.717, 1.165) is 0 Å². The monoisotopic (exact) mass is 207 g/mol. The molecule has 0 heterocycles. The molecular weight excluding hydrogens is 187 g/mol. The second kappa shape index (κ2) is 8.00. The highest BCUT2D eigenvalue weighted by Crippen LogP contribution is 2.15. The van der Waals surface area contributed by atoms with E-state index in [1.165, 1.54) is 43.6 Å². The van der Waals surface area contributed by atoms with Gasteiger partial charge in [-0.2, -0.15) is 0 Å². The normalized spacial score (nSPS) is 11.2. The Kier molecular flexibility index (Phi) is 6.70. The van der Waals surface area contributed by atoms with Gasteiger partial charge in [0.2, 0.25) is 0 Å². The minimum absolute atomic E-state index is 1.24. The summed E-state index contributed by atoms with van der Waals surface area (Å²) < 4.78 is 0. The molecule has 0 nitrogen and oxygen atoms in total. The van der Waals surface area contributed by atoms with Gasteiger partial charge in [0.05, 0.1) is 0 Å². The molecule has 77 valence electrons. The van der Waals surface area contributed by atoms with Crippen LogP contribution in [0.3, 0.4) is 0 Å². The summed E-state index contributed by atoms with van der Waals surface area (Å²) in [4.78, 5) is 0. The third-order valence-electron chi connectivity index (χ3n) is 2.32. The first-order chi connectivity index (χ1) is 6.93. The Balaban J connectivity index is 1.99. The van der Waals surface area contributed by atoms with Crippen molar-refractivity contribution in [2.45, 2.75) is 32.6 Å². The minimum atomic E-state index is 1.24. The molecular formula is C13H20P. The fraction of sp³-hybridized carbons (Fsp3) is 0.538. The molecule has 0 spiro atoms. The predicted octanol–water partition coefficient (Wildman–Crippen LogP) is 4.37. The largest absolute Gasteiger partial charge is 0.0806 e. The molecule has 0 N–H and O–H groups in total. The molecule has 0 aliphatic rings. The molecule has 1 aromatic rings. The Bertz CT molecular complexity index is 218. The molecule has 1 aromatic carbocycles. The molecule has 1 heteroatoms. The summed E-state index contributed by atoms with van der Waals surface area (Å²) >= 11 is 0. The molecule has 0 unspecified atom stereocenters. The van der Waals surface area contributed by atoms with Crippen LogP contribution in [0, 0.1) is 0 Å². The Labute approximate surface area is 89.9 Å². The fourth-order valence-corrected chi connectivity index (χ4v) is 2.53. The first kappa shape index (κ1) is 11.7. The zero-order chi connectivity index (χ0) is 10.1. The topological polar surface area (TPSA) is 0 Å². The maximum atomic E-state index is 2.26. The van der Waals surface area contributed by atoms with Crippen LogP contribution in [0.5, 0.6) is 0 Å². The van der Waals surface area contributed by atoms with Crippen molar-refractivity contribution in [3.05, 3.63) is 35.9 Å². The quantitative estimate of drug-likeness (QED) is 0.460. The lowest BCUT2D eigenvalue weighted by molar-refractivity contribution is 0.777. The molecule has 0 fully saturated rings. The lowest BCUT2D eigenvalue weighted by atomic mass is 10.2. The lowest BCUT2D eigenvalue weighted by Gasteiger charge is -2.00. The summed E-state index contributed by atoms with van der Waals surface area (Å²) in [5.41, 5.74) is 1.48. The van der Waals surface area contributed by atoms with Crippen LogP contribution in [0.4, 0.5) is 0 Å². The van der Waals surface area contributed by atoms with Crippen LogP contribution >= 0.6 is 8.58 Å². The van der Waals surface area contributed by atoms with Gasteiger partial charge in [-0.05, 0) is 30.7 Å². The molecule has 0 aromatic heterocycles. The van der Waals surface area contributed by atoms with E-state index in [0.29, 0.717) is 0 Å². The highest BCUT2D eigenvalue weighted by molar-refractivity contribution is 7.37. The molecule has 0 bridgehead atoms. The Hall–Kier alpha value is -0.350. The van der Waals surface area contributed by atoms with Crippen LogP contribution in [0.25, 0.3) is 0 Å². The van der Waals surface area contributed by atoms with Crippen molar-refractivity contribution in [3.8, 4) is 0 Å². The van der Waals surface area contributed by atoms with Crippen molar-refractivity contribution in [1.82, 2.24) is 0 Å². The summed E-state index contributed by atoms with van der Waals surface area (Å²) in [6, 6.07) is 10.8. The van der Waals surface area contributed by atoms with Gasteiger partial charge in [-0.15, -0.1) is 0 Å². The van der Waals surface area contributed by atoms with Gasteiger partial charge in [0.1, 0.15) is 0 Å². The molecule has 1 radical (unpaired) electrons. The Morgan fingerprint density at radius 2 is 1.79 bits per heavy atom. The van der Waals surface area contributed by atoms with Crippen LogP contribution in [0.2, 0.25) is 0 Å². The van der Waals surface area contributed by atoms with Crippen LogP contribution in [0.1, 0.15) is 31.7 Å². The molecule has 0 saturated carbocycles. The fourth-order valence-electron chi connectivity index (χ4n) is 1.44. The zero-order valence-corrected chi connectivity index (χ0v) is 9.97. The summed E-state index contributed by atoms with van der Waals surface area (Å²) in [6.07, 6.45) is 8.11. The van der Waals surface area contributed by atoms with Gasteiger partial charge in [-0.25, -0.2) is 0 Å². The van der Waals surface area contributed by atoms with Crippen molar-refractivity contribution in [2.75, 3.05) is 12.3 Å². The summed E-state index contributed by atoms with van der Waals surface area (Å²) in [5.74, 6) is 0. The van der Waals surface area contributed by atoms with E-state index < -0.39 is 0 Å². The van der Waals surface area contributed by atoms with Gasteiger partial charge in [0.25, 0.3) is 0 Å². The number of aryl methyl sites for hydroxylation is 1. The van der Waals surface area contributed by atoms with E-state index in [-0.39, 0.29) is 0 Å². The molecule has 0 atom stereocenters. The Morgan fingerprint density at radius 3 is 2.50 bits per heavy atom. The molecule has 1 rings (SSSR count). The number of rotatable bonds is 7. The summed E-state index contributed by atoms with van der Waals surface area (Å²) in [5, 5.41) is 0. The highest BCUT2D eigenvalue weighted by Gasteiger charge is 1.92. The molecule has 0 aliphatic heterocycles. The smallest absolute Gasteiger partial charge is 0.0236 e. The Morgan fingerprint density at radius 1 is 1.00 bits per heavy atom. The summed E-state index contributed by atoms with van der Waals surface area (Å²) in [6.45, 7) is 2.26. The SMILES string of the molecule is CCCCC[P]CCc1ccccc1. The number of hydrogen-bond donors (Lipinski definition) is 0. The maximum Gasteiger partial charge on any atom is -0.0236 e. The van der Waals surface area contributed by atoms with Crippen molar-refractivity contribution in [1.29, 1.82) is 0 Å². The number of benzene rings is 1. The van der Waals surface area contributed by atoms with E-state index in [4.69, 9.17) is 0 Å². The maximum absolute atomic E-state index is 2.26.